The maximum Gasteiger partial charge on any atom is 0.119 e. The van der Waals surface area contributed by atoms with E-state index in [4.69, 9.17) is 0 Å². The summed E-state index contributed by atoms with van der Waals surface area (Å²) in [7, 11) is 0. The van der Waals surface area contributed by atoms with Crippen LogP contribution in [-0.2, 0) is 6.42 Å². The molecule has 0 aliphatic rings. The van der Waals surface area contributed by atoms with Crippen molar-refractivity contribution in [3.63, 3.8) is 0 Å². The number of hydrogen-bond donors (Lipinski definition) is 2. The van der Waals surface area contributed by atoms with Gasteiger partial charge in [0.15, 0.2) is 0 Å². The van der Waals surface area contributed by atoms with Gasteiger partial charge in [0, 0.05) is 6.42 Å². The summed E-state index contributed by atoms with van der Waals surface area (Å²) >= 11 is 0. The van der Waals surface area contributed by atoms with Crippen LogP contribution in [0.15, 0.2) is 24.3 Å². The Hall–Kier alpha value is -1.96. The lowest BCUT2D eigenvalue weighted by Gasteiger charge is -2.15. The third-order valence-electron chi connectivity index (χ3n) is 3.83. The molecule has 0 bridgehead atoms. The molecule has 0 saturated carbocycles. The van der Waals surface area contributed by atoms with Crippen LogP contribution in [0.3, 0.4) is 0 Å². The first kappa shape index (κ1) is 13.5. The summed E-state index contributed by atoms with van der Waals surface area (Å²) in [5, 5.41) is 19.8. The van der Waals surface area contributed by atoms with Crippen molar-refractivity contribution >= 4 is 0 Å². The van der Waals surface area contributed by atoms with Gasteiger partial charge in [-0.25, -0.2) is 0 Å². The van der Waals surface area contributed by atoms with E-state index < -0.39 is 0 Å². The largest absolute Gasteiger partial charge is 0.508 e. The molecule has 0 spiro atoms. The summed E-state index contributed by atoms with van der Waals surface area (Å²) < 4.78 is 0. The van der Waals surface area contributed by atoms with Crippen molar-refractivity contribution < 1.29 is 10.2 Å². The minimum absolute atomic E-state index is 0.329. The lowest BCUT2D eigenvalue weighted by atomic mass is 9.92. The second kappa shape index (κ2) is 4.96. The van der Waals surface area contributed by atoms with E-state index in [1.807, 2.05) is 39.8 Å². The molecule has 2 aromatic rings. The summed E-state index contributed by atoms with van der Waals surface area (Å²) in [6.07, 6.45) is 0.687. The van der Waals surface area contributed by atoms with Crippen molar-refractivity contribution in [2.75, 3.05) is 0 Å². The van der Waals surface area contributed by atoms with Crippen molar-refractivity contribution in [1.29, 1.82) is 0 Å². The Morgan fingerprint density at radius 2 is 1.53 bits per heavy atom. The van der Waals surface area contributed by atoms with Crippen LogP contribution in [0.4, 0.5) is 0 Å². The predicted octanol–water partition coefficient (Wildman–Crippen LogP) is 3.92. The maximum absolute atomic E-state index is 9.95. The van der Waals surface area contributed by atoms with Crippen molar-refractivity contribution in [1.82, 2.24) is 0 Å². The van der Waals surface area contributed by atoms with E-state index in [0.29, 0.717) is 17.9 Å². The molecule has 0 saturated heterocycles. The highest BCUT2D eigenvalue weighted by Gasteiger charge is 2.12. The molecule has 2 rings (SSSR count). The molecular formula is C17H20O2. The third-order valence-corrected chi connectivity index (χ3v) is 3.83. The highest BCUT2D eigenvalue weighted by Crippen LogP contribution is 2.30. The quantitative estimate of drug-likeness (QED) is 0.855. The van der Waals surface area contributed by atoms with Crippen LogP contribution in [0.2, 0.25) is 0 Å². The summed E-state index contributed by atoms with van der Waals surface area (Å²) in [5.74, 6) is 0.669. The van der Waals surface area contributed by atoms with E-state index in [1.54, 1.807) is 12.1 Å². The first-order valence-electron chi connectivity index (χ1n) is 6.47. The summed E-state index contributed by atoms with van der Waals surface area (Å²) in [4.78, 5) is 0. The fraction of sp³-hybridized carbons (Fsp3) is 0.294. The Kier molecular flexibility index (Phi) is 3.52. The van der Waals surface area contributed by atoms with Gasteiger partial charge >= 0.3 is 0 Å². The zero-order chi connectivity index (χ0) is 14.2. The van der Waals surface area contributed by atoms with Crippen LogP contribution in [0, 0.1) is 27.7 Å². The van der Waals surface area contributed by atoms with Gasteiger partial charge in [-0.05, 0) is 67.6 Å². The van der Waals surface area contributed by atoms with Crippen molar-refractivity contribution in [3.05, 3.63) is 57.6 Å². The first-order chi connectivity index (χ1) is 8.90. The van der Waals surface area contributed by atoms with Gasteiger partial charge in [0.1, 0.15) is 11.5 Å². The average molecular weight is 256 g/mol. The number of rotatable bonds is 2. The molecule has 0 aliphatic heterocycles. The molecule has 2 heteroatoms. The van der Waals surface area contributed by atoms with Crippen molar-refractivity contribution in [3.8, 4) is 11.5 Å². The second-order valence-corrected chi connectivity index (χ2v) is 5.25. The van der Waals surface area contributed by atoms with Gasteiger partial charge in [-0.2, -0.15) is 0 Å². The predicted molar refractivity (Wildman–Crippen MR) is 78.0 cm³/mol. The van der Waals surface area contributed by atoms with E-state index in [-0.39, 0.29) is 0 Å². The molecule has 0 unspecified atom stereocenters. The molecule has 0 fully saturated rings. The van der Waals surface area contributed by atoms with Gasteiger partial charge < -0.3 is 10.2 Å². The molecule has 0 radical (unpaired) electrons. The molecule has 0 atom stereocenters. The van der Waals surface area contributed by atoms with Gasteiger partial charge in [0.25, 0.3) is 0 Å². The van der Waals surface area contributed by atoms with Crippen LogP contribution in [0.5, 0.6) is 11.5 Å². The first-order valence-corrected chi connectivity index (χ1v) is 6.47. The van der Waals surface area contributed by atoms with Crippen molar-refractivity contribution in [2.45, 2.75) is 34.1 Å². The van der Waals surface area contributed by atoms with Gasteiger partial charge in [-0.3, -0.25) is 0 Å². The van der Waals surface area contributed by atoms with Gasteiger partial charge in [0.05, 0.1) is 0 Å². The second-order valence-electron chi connectivity index (χ2n) is 5.25. The molecule has 0 amide bonds. The molecule has 2 nitrogen and oxygen atoms in total. The Bertz CT molecular complexity index is 628. The highest BCUT2D eigenvalue weighted by atomic mass is 16.3. The number of aromatic hydroxyl groups is 2. The normalized spacial score (nSPS) is 10.7. The average Bonchev–Trinajstić information content (AvgIpc) is 2.36. The van der Waals surface area contributed by atoms with Crippen LogP contribution in [0.1, 0.15) is 33.4 Å². The molecule has 0 aliphatic carbocycles. The standard InChI is InChI=1S/C17H20O2/c1-10-5-6-16(18)14(7-10)9-15-11(2)8-17(19)13(4)12(15)3/h5-8,18-19H,9H2,1-4H3. The molecule has 100 valence electrons. The zero-order valence-corrected chi connectivity index (χ0v) is 11.9. The zero-order valence-electron chi connectivity index (χ0n) is 11.9. The number of benzene rings is 2. The van der Waals surface area contributed by atoms with E-state index in [1.165, 1.54) is 5.56 Å². The minimum Gasteiger partial charge on any atom is -0.508 e. The van der Waals surface area contributed by atoms with E-state index >= 15 is 0 Å². The fourth-order valence-corrected chi connectivity index (χ4v) is 2.43. The summed E-state index contributed by atoms with van der Waals surface area (Å²) in [6.45, 7) is 7.95. The van der Waals surface area contributed by atoms with Crippen LogP contribution in [-0.4, -0.2) is 10.2 Å². The minimum atomic E-state index is 0.329. The third kappa shape index (κ3) is 2.58. The maximum atomic E-state index is 9.95. The van der Waals surface area contributed by atoms with E-state index in [9.17, 15) is 10.2 Å². The Morgan fingerprint density at radius 1 is 0.842 bits per heavy atom. The van der Waals surface area contributed by atoms with Crippen molar-refractivity contribution in [2.24, 2.45) is 0 Å². The van der Waals surface area contributed by atoms with E-state index in [2.05, 4.69) is 0 Å². The molecule has 2 aromatic carbocycles. The Balaban J connectivity index is 2.49. The molecular weight excluding hydrogens is 236 g/mol. The SMILES string of the molecule is Cc1ccc(O)c(Cc2c(C)cc(O)c(C)c2C)c1. The summed E-state index contributed by atoms with van der Waals surface area (Å²) in [5.41, 5.74) is 6.30. The topological polar surface area (TPSA) is 40.5 Å². The van der Waals surface area contributed by atoms with Gasteiger partial charge in [-0.15, -0.1) is 0 Å². The Morgan fingerprint density at radius 3 is 2.21 bits per heavy atom. The fourth-order valence-electron chi connectivity index (χ4n) is 2.43. The highest BCUT2D eigenvalue weighted by molar-refractivity contribution is 5.50. The van der Waals surface area contributed by atoms with Gasteiger partial charge in [-0.1, -0.05) is 17.7 Å². The number of hydrogen-bond acceptors (Lipinski definition) is 2. The van der Waals surface area contributed by atoms with Crippen LogP contribution in [0.25, 0.3) is 0 Å². The summed E-state index contributed by atoms with van der Waals surface area (Å²) in [6, 6.07) is 7.45. The lowest BCUT2D eigenvalue weighted by molar-refractivity contribution is 0.468. The molecule has 0 aromatic heterocycles. The van der Waals surface area contributed by atoms with Crippen LogP contribution < -0.4 is 0 Å². The van der Waals surface area contributed by atoms with Gasteiger partial charge in [0.2, 0.25) is 0 Å². The number of aryl methyl sites for hydroxylation is 2. The Labute approximate surface area is 114 Å². The molecule has 19 heavy (non-hydrogen) atoms. The van der Waals surface area contributed by atoms with Crippen LogP contribution >= 0.6 is 0 Å². The molecule has 2 N–H and O–H groups in total. The number of phenols is 2. The monoisotopic (exact) mass is 256 g/mol. The molecule has 0 heterocycles. The smallest absolute Gasteiger partial charge is 0.119 e. The number of phenolic OH excluding ortho intramolecular Hbond substituents is 2. The lowest BCUT2D eigenvalue weighted by Crippen LogP contribution is -1.99. The van der Waals surface area contributed by atoms with E-state index in [0.717, 1.165) is 27.8 Å².